The molecule has 1 aromatic heterocycles. The number of carbonyl (C=O) groups excluding carboxylic acids is 1. The molecule has 0 aliphatic rings. The van der Waals surface area contributed by atoms with Gasteiger partial charge in [0.15, 0.2) is 5.13 Å². The minimum atomic E-state index is -0.164. The van der Waals surface area contributed by atoms with Crippen LogP contribution in [0.25, 0.3) is 10.8 Å². The van der Waals surface area contributed by atoms with Gasteiger partial charge in [-0.05, 0) is 24.4 Å². The fraction of sp³-hybridized carbons (Fsp3) is 0.125. The summed E-state index contributed by atoms with van der Waals surface area (Å²) in [6.07, 6.45) is 1.74. The molecular formula is C16H14N2O2S. The summed E-state index contributed by atoms with van der Waals surface area (Å²) in [7, 11) is 1.62. The van der Waals surface area contributed by atoms with Crippen LogP contribution < -0.4 is 10.1 Å². The maximum absolute atomic E-state index is 12.5. The van der Waals surface area contributed by atoms with E-state index in [2.05, 4.69) is 10.3 Å². The van der Waals surface area contributed by atoms with E-state index in [1.54, 1.807) is 19.4 Å². The number of methoxy groups -OCH3 is 1. The quantitative estimate of drug-likeness (QED) is 0.798. The van der Waals surface area contributed by atoms with Crippen LogP contribution >= 0.6 is 11.3 Å². The minimum Gasteiger partial charge on any atom is -0.496 e. The van der Waals surface area contributed by atoms with Crippen LogP contribution in [0.2, 0.25) is 0 Å². The molecule has 0 radical (unpaired) electrons. The molecule has 1 amide bonds. The molecule has 0 saturated carbocycles. The first-order chi connectivity index (χ1) is 10.2. The summed E-state index contributed by atoms with van der Waals surface area (Å²) in [5, 5.41) is 5.23. The number of rotatable bonds is 3. The van der Waals surface area contributed by atoms with Crippen LogP contribution in [-0.2, 0) is 0 Å². The minimum absolute atomic E-state index is 0.164. The molecule has 0 spiro atoms. The molecule has 0 unspecified atom stereocenters. The Morgan fingerprint density at radius 3 is 2.62 bits per heavy atom. The monoisotopic (exact) mass is 298 g/mol. The van der Waals surface area contributed by atoms with E-state index in [0.717, 1.165) is 21.4 Å². The molecule has 0 fully saturated rings. The van der Waals surface area contributed by atoms with E-state index in [1.807, 2.05) is 37.3 Å². The highest BCUT2D eigenvalue weighted by Gasteiger charge is 2.13. The molecule has 3 aromatic rings. The molecule has 5 heteroatoms. The summed E-state index contributed by atoms with van der Waals surface area (Å²) in [4.78, 5) is 17.7. The van der Waals surface area contributed by atoms with Crippen molar-refractivity contribution in [1.82, 2.24) is 4.98 Å². The number of hydrogen-bond donors (Lipinski definition) is 1. The summed E-state index contributed by atoms with van der Waals surface area (Å²) < 4.78 is 5.34. The topological polar surface area (TPSA) is 51.2 Å². The fourth-order valence-electron chi connectivity index (χ4n) is 2.22. The highest BCUT2D eigenvalue weighted by molar-refractivity contribution is 7.15. The van der Waals surface area contributed by atoms with Gasteiger partial charge in [-0.3, -0.25) is 10.1 Å². The molecule has 0 atom stereocenters. The van der Waals surface area contributed by atoms with Crippen LogP contribution in [0.4, 0.5) is 5.13 Å². The zero-order valence-corrected chi connectivity index (χ0v) is 12.5. The summed E-state index contributed by atoms with van der Waals surface area (Å²) >= 11 is 1.46. The standard InChI is InChI=1S/C16H14N2O2S/c1-10-9-17-16(21-10)18-15(19)13-7-8-14(20-2)12-6-4-3-5-11(12)13/h3-9H,1-2H3,(H,17,18,19). The molecule has 0 aliphatic carbocycles. The van der Waals surface area contributed by atoms with Crippen LogP contribution in [0.5, 0.6) is 5.75 Å². The van der Waals surface area contributed by atoms with Crippen LogP contribution in [0.3, 0.4) is 0 Å². The Morgan fingerprint density at radius 2 is 1.95 bits per heavy atom. The number of hydrogen-bond acceptors (Lipinski definition) is 4. The number of nitrogens with zero attached hydrogens (tertiary/aromatic N) is 1. The number of ether oxygens (including phenoxy) is 1. The number of aryl methyl sites for hydroxylation is 1. The number of aromatic nitrogens is 1. The number of benzene rings is 2. The van der Waals surface area contributed by atoms with Gasteiger partial charge >= 0.3 is 0 Å². The van der Waals surface area contributed by atoms with Gasteiger partial charge in [0.05, 0.1) is 7.11 Å². The molecule has 1 heterocycles. The summed E-state index contributed by atoms with van der Waals surface area (Å²) in [6, 6.07) is 11.3. The third-order valence-electron chi connectivity index (χ3n) is 3.19. The van der Waals surface area contributed by atoms with Gasteiger partial charge in [-0.25, -0.2) is 4.98 Å². The van der Waals surface area contributed by atoms with Crippen molar-refractivity contribution < 1.29 is 9.53 Å². The zero-order valence-electron chi connectivity index (χ0n) is 11.7. The Balaban J connectivity index is 2.02. The number of carbonyl (C=O) groups is 1. The number of fused-ring (bicyclic) bond motifs is 1. The highest BCUT2D eigenvalue weighted by Crippen LogP contribution is 2.29. The molecule has 1 N–H and O–H groups in total. The third kappa shape index (κ3) is 2.60. The second-order valence-corrected chi connectivity index (χ2v) is 5.83. The number of nitrogens with one attached hydrogen (secondary N) is 1. The first-order valence-corrected chi connectivity index (χ1v) is 7.30. The average molecular weight is 298 g/mol. The molecule has 21 heavy (non-hydrogen) atoms. The molecule has 2 aromatic carbocycles. The largest absolute Gasteiger partial charge is 0.496 e. The van der Waals surface area contributed by atoms with Gasteiger partial charge < -0.3 is 4.74 Å². The van der Waals surface area contributed by atoms with Gasteiger partial charge in [-0.15, -0.1) is 11.3 Å². The number of anilines is 1. The van der Waals surface area contributed by atoms with E-state index in [4.69, 9.17) is 4.74 Å². The molecule has 0 aliphatic heterocycles. The number of thiazole rings is 1. The van der Waals surface area contributed by atoms with E-state index in [0.29, 0.717) is 10.7 Å². The molecule has 3 rings (SSSR count). The molecule has 4 nitrogen and oxygen atoms in total. The maximum atomic E-state index is 12.5. The molecule has 0 bridgehead atoms. The van der Waals surface area contributed by atoms with E-state index < -0.39 is 0 Å². The van der Waals surface area contributed by atoms with Crippen molar-refractivity contribution in [2.45, 2.75) is 6.92 Å². The highest BCUT2D eigenvalue weighted by atomic mass is 32.1. The van der Waals surface area contributed by atoms with Gasteiger partial charge in [0.1, 0.15) is 5.75 Å². The van der Waals surface area contributed by atoms with Gasteiger partial charge in [0, 0.05) is 22.0 Å². The Morgan fingerprint density at radius 1 is 1.19 bits per heavy atom. The van der Waals surface area contributed by atoms with Crippen LogP contribution in [0, 0.1) is 6.92 Å². The van der Waals surface area contributed by atoms with Crippen LogP contribution in [0.15, 0.2) is 42.6 Å². The smallest absolute Gasteiger partial charge is 0.258 e. The van der Waals surface area contributed by atoms with E-state index >= 15 is 0 Å². The number of amides is 1. The lowest BCUT2D eigenvalue weighted by atomic mass is 10.0. The Kier molecular flexibility index (Phi) is 3.58. The lowest BCUT2D eigenvalue weighted by molar-refractivity contribution is 0.102. The fourth-order valence-corrected chi connectivity index (χ4v) is 2.88. The van der Waals surface area contributed by atoms with E-state index in [1.165, 1.54) is 11.3 Å². The van der Waals surface area contributed by atoms with E-state index in [-0.39, 0.29) is 5.91 Å². The normalized spacial score (nSPS) is 10.6. The predicted octanol–water partition coefficient (Wildman–Crippen LogP) is 3.87. The first-order valence-electron chi connectivity index (χ1n) is 6.48. The summed E-state index contributed by atoms with van der Waals surface area (Å²) in [5.41, 5.74) is 0.610. The lowest BCUT2D eigenvalue weighted by Gasteiger charge is -2.09. The Hall–Kier alpha value is -2.40. The average Bonchev–Trinajstić information content (AvgIpc) is 2.91. The van der Waals surface area contributed by atoms with E-state index in [9.17, 15) is 4.79 Å². The van der Waals surface area contributed by atoms with Crippen LogP contribution in [0.1, 0.15) is 15.2 Å². The zero-order chi connectivity index (χ0) is 14.8. The van der Waals surface area contributed by atoms with Gasteiger partial charge in [-0.1, -0.05) is 24.3 Å². The van der Waals surface area contributed by atoms with Crippen molar-refractivity contribution in [3.05, 3.63) is 53.0 Å². The third-order valence-corrected chi connectivity index (χ3v) is 4.02. The second kappa shape index (κ2) is 5.54. The van der Waals surface area contributed by atoms with Gasteiger partial charge in [0.2, 0.25) is 0 Å². The van der Waals surface area contributed by atoms with Gasteiger partial charge in [-0.2, -0.15) is 0 Å². The first kappa shape index (κ1) is 13.6. The van der Waals surface area contributed by atoms with Gasteiger partial charge in [0.25, 0.3) is 5.91 Å². The molecule has 106 valence electrons. The van der Waals surface area contributed by atoms with Crippen molar-refractivity contribution >= 4 is 33.1 Å². The predicted molar refractivity (Wildman–Crippen MR) is 85.3 cm³/mol. The van der Waals surface area contributed by atoms with Crippen molar-refractivity contribution in [2.24, 2.45) is 0 Å². The lowest BCUT2D eigenvalue weighted by Crippen LogP contribution is -2.12. The SMILES string of the molecule is COc1ccc(C(=O)Nc2ncc(C)s2)c2ccccc12. The molecule has 0 saturated heterocycles. The Labute approximate surface area is 126 Å². The maximum Gasteiger partial charge on any atom is 0.258 e. The summed E-state index contributed by atoms with van der Waals surface area (Å²) in [5.74, 6) is 0.593. The van der Waals surface area contributed by atoms with Crippen molar-refractivity contribution in [2.75, 3.05) is 12.4 Å². The van der Waals surface area contributed by atoms with Crippen LogP contribution in [-0.4, -0.2) is 18.0 Å². The summed E-state index contributed by atoms with van der Waals surface area (Å²) in [6.45, 7) is 1.95. The van der Waals surface area contributed by atoms with Crippen molar-refractivity contribution in [3.8, 4) is 5.75 Å². The van der Waals surface area contributed by atoms with Crippen molar-refractivity contribution in [3.63, 3.8) is 0 Å². The Bertz CT molecular complexity index is 811. The molecular weight excluding hydrogens is 284 g/mol. The second-order valence-electron chi connectivity index (χ2n) is 4.59. The van der Waals surface area contributed by atoms with Crippen molar-refractivity contribution in [1.29, 1.82) is 0 Å².